The van der Waals surface area contributed by atoms with Crippen molar-refractivity contribution in [3.63, 3.8) is 0 Å². The average Bonchev–Trinajstić information content (AvgIpc) is 2.40. The van der Waals surface area contributed by atoms with Gasteiger partial charge in [0.05, 0.1) is 5.69 Å². The van der Waals surface area contributed by atoms with E-state index in [0.29, 0.717) is 0 Å². The van der Waals surface area contributed by atoms with Crippen LogP contribution < -0.4 is 5.32 Å². The van der Waals surface area contributed by atoms with E-state index in [0.717, 1.165) is 24.3 Å². The van der Waals surface area contributed by atoms with Crippen LogP contribution in [0.5, 0.6) is 0 Å². The van der Waals surface area contributed by atoms with E-state index in [1.807, 2.05) is 12.3 Å². The molecule has 0 atom stereocenters. The second-order valence-electron chi connectivity index (χ2n) is 4.60. The topological polar surface area (TPSA) is 24.9 Å². The highest BCUT2D eigenvalue weighted by Gasteiger charge is 2.05. The third-order valence-electron chi connectivity index (χ3n) is 3.22. The standard InChI is InChI=1S/C16H20N2/c1-4-9-17-14-8-10-18-16(11-14)15-7-5-6-12(2)13(15)3/h5-8,10-11H,4,9H2,1-3H3,(H,17,18). The number of anilines is 1. The number of hydrogen-bond acceptors (Lipinski definition) is 2. The first-order valence-corrected chi connectivity index (χ1v) is 6.49. The molecule has 2 nitrogen and oxygen atoms in total. The smallest absolute Gasteiger partial charge is 0.0725 e. The quantitative estimate of drug-likeness (QED) is 0.866. The number of rotatable bonds is 4. The van der Waals surface area contributed by atoms with E-state index in [9.17, 15) is 0 Å². The minimum atomic E-state index is 0.996. The molecule has 1 aromatic carbocycles. The Labute approximate surface area is 109 Å². The third kappa shape index (κ3) is 2.70. The van der Waals surface area contributed by atoms with Gasteiger partial charge in [-0.2, -0.15) is 0 Å². The molecule has 0 spiro atoms. The van der Waals surface area contributed by atoms with Crippen molar-refractivity contribution in [2.24, 2.45) is 0 Å². The van der Waals surface area contributed by atoms with Gasteiger partial charge >= 0.3 is 0 Å². The lowest BCUT2D eigenvalue weighted by Crippen LogP contribution is -2.00. The van der Waals surface area contributed by atoms with E-state index in [-0.39, 0.29) is 0 Å². The Morgan fingerprint density at radius 1 is 1.17 bits per heavy atom. The molecule has 0 saturated carbocycles. The summed E-state index contributed by atoms with van der Waals surface area (Å²) >= 11 is 0. The van der Waals surface area contributed by atoms with E-state index >= 15 is 0 Å². The van der Waals surface area contributed by atoms with Gasteiger partial charge in [0, 0.05) is 24.0 Å². The normalized spacial score (nSPS) is 10.4. The molecule has 1 heterocycles. The van der Waals surface area contributed by atoms with Gasteiger partial charge in [-0.1, -0.05) is 25.1 Å². The van der Waals surface area contributed by atoms with Crippen LogP contribution in [0.2, 0.25) is 0 Å². The summed E-state index contributed by atoms with van der Waals surface area (Å²) in [5, 5.41) is 3.40. The predicted octanol–water partition coefficient (Wildman–Crippen LogP) is 4.19. The van der Waals surface area contributed by atoms with Crippen molar-refractivity contribution in [2.45, 2.75) is 27.2 Å². The van der Waals surface area contributed by atoms with Gasteiger partial charge in [0.2, 0.25) is 0 Å². The van der Waals surface area contributed by atoms with Gasteiger partial charge in [0.25, 0.3) is 0 Å². The van der Waals surface area contributed by atoms with Gasteiger partial charge in [-0.3, -0.25) is 4.98 Å². The second-order valence-corrected chi connectivity index (χ2v) is 4.60. The van der Waals surface area contributed by atoms with Crippen molar-refractivity contribution in [1.82, 2.24) is 4.98 Å². The Balaban J connectivity index is 2.35. The number of pyridine rings is 1. The fourth-order valence-electron chi connectivity index (χ4n) is 1.99. The molecule has 94 valence electrons. The highest BCUT2D eigenvalue weighted by Crippen LogP contribution is 2.25. The molecule has 0 saturated heterocycles. The Morgan fingerprint density at radius 3 is 2.78 bits per heavy atom. The summed E-state index contributed by atoms with van der Waals surface area (Å²) in [5.41, 5.74) is 6.01. The van der Waals surface area contributed by atoms with Crippen LogP contribution in [0.1, 0.15) is 24.5 Å². The molecule has 2 heteroatoms. The fraction of sp³-hybridized carbons (Fsp3) is 0.312. The Hall–Kier alpha value is -1.83. The monoisotopic (exact) mass is 240 g/mol. The minimum absolute atomic E-state index is 0.996. The summed E-state index contributed by atoms with van der Waals surface area (Å²) in [4.78, 5) is 4.48. The molecule has 2 rings (SSSR count). The first-order chi connectivity index (χ1) is 8.72. The Morgan fingerprint density at radius 2 is 2.00 bits per heavy atom. The highest BCUT2D eigenvalue weighted by atomic mass is 14.9. The van der Waals surface area contributed by atoms with Crippen LogP contribution in [0.3, 0.4) is 0 Å². The zero-order valence-electron chi connectivity index (χ0n) is 11.3. The van der Waals surface area contributed by atoms with Gasteiger partial charge in [-0.15, -0.1) is 0 Å². The van der Waals surface area contributed by atoms with Crippen molar-refractivity contribution >= 4 is 5.69 Å². The molecule has 1 N–H and O–H groups in total. The van der Waals surface area contributed by atoms with E-state index in [1.165, 1.54) is 16.7 Å². The number of hydrogen-bond donors (Lipinski definition) is 1. The molecule has 18 heavy (non-hydrogen) atoms. The average molecular weight is 240 g/mol. The van der Waals surface area contributed by atoms with Gasteiger partial charge in [0.1, 0.15) is 0 Å². The van der Waals surface area contributed by atoms with Gasteiger partial charge in [-0.05, 0) is 43.5 Å². The summed E-state index contributed by atoms with van der Waals surface area (Å²) in [6, 6.07) is 10.5. The van der Waals surface area contributed by atoms with Crippen LogP contribution in [-0.2, 0) is 0 Å². The van der Waals surface area contributed by atoms with E-state index in [4.69, 9.17) is 0 Å². The van der Waals surface area contributed by atoms with Gasteiger partial charge in [-0.25, -0.2) is 0 Å². The zero-order valence-corrected chi connectivity index (χ0v) is 11.3. The molecule has 0 aliphatic heterocycles. The maximum atomic E-state index is 4.48. The van der Waals surface area contributed by atoms with E-state index in [2.05, 4.69) is 55.3 Å². The van der Waals surface area contributed by atoms with E-state index < -0.39 is 0 Å². The number of aromatic nitrogens is 1. The molecule has 0 bridgehead atoms. The van der Waals surface area contributed by atoms with Crippen molar-refractivity contribution in [2.75, 3.05) is 11.9 Å². The van der Waals surface area contributed by atoms with Crippen LogP contribution in [0.4, 0.5) is 5.69 Å². The third-order valence-corrected chi connectivity index (χ3v) is 3.22. The maximum absolute atomic E-state index is 4.48. The Bertz CT molecular complexity index is 532. The van der Waals surface area contributed by atoms with Crippen LogP contribution in [0, 0.1) is 13.8 Å². The number of nitrogens with one attached hydrogen (secondary N) is 1. The zero-order chi connectivity index (χ0) is 13.0. The molecule has 0 unspecified atom stereocenters. The van der Waals surface area contributed by atoms with Crippen molar-refractivity contribution in [3.8, 4) is 11.3 Å². The molecule has 0 aliphatic rings. The molecule has 0 aliphatic carbocycles. The van der Waals surface area contributed by atoms with Gasteiger partial charge < -0.3 is 5.32 Å². The SMILES string of the molecule is CCCNc1ccnc(-c2cccc(C)c2C)c1. The van der Waals surface area contributed by atoms with E-state index in [1.54, 1.807) is 0 Å². The first kappa shape index (κ1) is 12.6. The summed E-state index contributed by atoms with van der Waals surface area (Å²) in [6.45, 7) is 7.45. The molecule has 1 aromatic heterocycles. The summed E-state index contributed by atoms with van der Waals surface area (Å²) in [6.07, 6.45) is 3.00. The van der Waals surface area contributed by atoms with Crippen molar-refractivity contribution in [3.05, 3.63) is 47.7 Å². The lowest BCUT2D eigenvalue weighted by atomic mass is 10.0. The highest BCUT2D eigenvalue weighted by molar-refractivity contribution is 5.68. The summed E-state index contributed by atoms with van der Waals surface area (Å²) < 4.78 is 0. The van der Waals surface area contributed by atoms with Crippen LogP contribution in [0.25, 0.3) is 11.3 Å². The Kier molecular flexibility index (Phi) is 3.98. The molecule has 0 amide bonds. The molecule has 0 fully saturated rings. The molecule has 2 aromatic rings. The second kappa shape index (κ2) is 5.67. The lowest BCUT2D eigenvalue weighted by molar-refractivity contribution is 0.979. The predicted molar refractivity (Wildman–Crippen MR) is 77.9 cm³/mol. The van der Waals surface area contributed by atoms with Crippen LogP contribution in [0.15, 0.2) is 36.5 Å². The van der Waals surface area contributed by atoms with Crippen molar-refractivity contribution in [1.29, 1.82) is 0 Å². The number of aryl methyl sites for hydroxylation is 1. The summed E-state index contributed by atoms with van der Waals surface area (Å²) in [7, 11) is 0. The fourth-order valence-corrected chi connectivity index (χ4v) is 1.99. The van der Waals surface area contributed by atoms with Crippen LogP contribution >= 0.6 is 0 Å². The largest absolute Gasteiger partial charge is 0.385 e. The van der Waals surface area contributed by atoms with Crippen LogP contribution in [-0.4, -0.2) is 11.5 Å². The molecular formula is C16H20N2. The molecule has 0 radical (unpaired) electrons. The minimum Gasteiger partial charge on any atom is -0.385 e. The lowest BCUT2D eigenvalue weighted by Gasteiger charge is -2.10. The first-order valence-electron chi connectivity index (χ1n) is 6.49. The van der Waals surface area contributed by atoms with Gasteiger partial charge in [0.15, 0.2) is 0 Å². The van der Waals surface area contributed by atoms with Crippen molar-refractivity contribution < 1.29 is 0 Å². The molecular weight excluding hydrogens is 220 g/mol. The number of benzene rings is 1. The number of nitrogens with zero attached hydrogens (tertiary/aromatic N) is 1. The summed E-state index contributed by atoms with van der Waals surface area (Å²) in [5.74, 6) is 0. The maximum Gasteiger partial charge on any atom is 0.0725 e.